The molecule has 0 saturated heterocycles. The third-order valence-corrected chi connectivity index (χ3v) is 4.63. The summed E-state index contributed by atoms with van der Waals surface area (Å²) in [5, 5.41) is 2.60. The van der Waals surface area contributed by atoms with Crippen LogP contribution in [0, 0.1) is 5.82 Å². The lowest BCUT2D eigenvalue weighted by atomic mass is 10.2. The number of hydrogen-bond acceptors (Lipinski definition) is 4. The maximum atomic E-state index is 12.8. The molecule has 2 rings (SSSR count). The van der Waals surface area contributed by atoms with Crippen molar-refractivity contribution < 1.29 is 22.3 Å². The Labute approximate surface area is 139 Å². The van der Waals surface area contributed by atoms with Gasteiger partial charge < -0.3 is 10.1 Å². The number of carbonyl (C=O) groups excluding carboxylic acids is 1. The molecule has 2 N–H and O–H groups in total. The van der Waals surface area contributed by atoms with Crippen molar-refractivity contribution in [2.75, 3.05) is 13.7 Å². The van der Waals surface area contributed by atoms with E-state index in [0.29, 0.717) is 5.75 Å². The van der Waals surface area contributed by atoms with Crippen LogP contribution in [0.4, 0.5) is 4.39 Å². The first kappa shape index (κ1) is 17.9. The third kappa shape index (κ3) is 4.77. The van der Waals surface area contributed by atoms with Gasteiger partial charge >= 0.3 is 0 Å². The summed E-state index contributed by atoms with van der Waals surface area (Å²) in [5.41, 5.74) is 0.773. The van der Waals surface area contributed by atoms with Gasteiger partial charge in [0.2, 0.25) is 15.9 Å². The maximum Gasteiger partial charge on any atom is 0.241 e. The quantitative estimate of drug-likeness (QED) is 0.789. The summed E-state index contributed by atoms with van der Waals surface area (Å²) in [7, 11) is -2.34. The number of benzene rings is 2. The van der Waals surface area contributed by atoms with Crippen LogP contribution in [0.25, 0.3) is 0 Å². The lowest BCUT2D eigenvalue weighted by Gasteiger charge is -2.10. The van der Waals surface area contributed by atoms with Gasteiger partial charge in [-0.1, -0.05) is 18.2 Å². The van der Waals surface area contributed by atoms with Gasteiger partial charge in [0.15, 0.2) is 0 Å². The van der Waals surface area contributed by atoms with Crippen LogP contribution in [-0.2, 0) is 21.4 Å². The Morgan fingerprint density at radius 1 is 1.12 bits per heavy atom. The number of ether oxygens (including phenoxy) is 1. The molecule has 24 heavy (non-hydrogen) atoms. The smallest absolute Gasteiger partial charge is 0.241 e. The number of rotatable bonds is 7. The lowest BCUT2D eigenvalue weighted by molar-refractivity contribution is -0.120. The van der Waals surface area contributed by atoms with Crippen LogP contribution in [0.1, 0.15) is 5.56 Å². The zero-order chi connectivity index (χ0) is 17.6. The lowest BCUT2D eigenvalue weighted by Crippen LogP contribution is -2.36. The van der Waals surface area contributed by atoms with Gasteiger partial charge in [0.1, 0.15) is 11.6 Å². The predicted octanol–water partition coefficient (Wildman–Crippen LogP) is 1.43. The summed E-state index contributed by atoms with van der Waals surface area (Å²) >= 11 is 0. The molecule has 0 fully saturated rings. The third-order valence-electron chi connectivity index (χ3n) is 3.22. The summed E-state index contributed by atoms with van der Waals surface area (Å²) in [6.07, 6.45) is 0. The van der Waals surface area contributed by atoms with Gasteiger partial charge in [0.25, 0.3) is 0 Å². The summed E-state index contributed by atoms with van der Waals surface area (Å²) in [6, 6.07) is 11.5. The van der Waals surface area contributed by atoms with Crippen LogP contribution >= 0.6 is 0 Å². The van der Waals surface area contributed by atoms with Crippen LogP contribution in [0.3, 0.4) is 0 Å². The molecule has 0 saturated carbocycles. The number of nitrogens with one attached hydrogen (secondary N) is 2. The van der Waals surface area contributed by atoms with E-state index < -0.39 is 28.3 Å². The highest BCUT2D eigenvalue weighted by atomic mass is 32.2. The molecule has 6 nitrogen and oxygen atoms in total. The molecule has 0 aliphatic rings. The van der Waals surface area contributed by atoms with E-state index in [-0.39, 0.29) is 11.4 Å². The number of halogens is 1. The fraction of sp³-hybridized carbons (Fsp3) is 0.188. The first-order chi connectivity index (χ1) is 11.4. The van der Waals surface area contributed by atoms with E-state index in [4.69, 9.17) is 4.74 Å². The average Bonchev–Trinajstić information content (AvgIpc) is 2.59. The number of amides is 1. The van der Waals surface area contributed by atoms with Gasteiger partial charge in [-0.15, -0.1) is 0 Å². The van der Waals surface area contributed by atoms with E-state index in [1.807, 2.05) is 0 Å². The number of para-hydroxylation sites is 1. The molecule has 1 amide bonds. The maximum absolute atomic E-state index is 12.8. The van der Waals surface area contributed by atoms with Gasteiger partial charge in [-0.2, -0.15) is 0 Å². The second-order valence-corrected chi connectivity index (χ2v) is 6.63. The van der Waals surface area contributed by atoms with Gasteiger partial charge in [-0.3, -0.25) is 4.79 Å². The largest absolute Gasteiger partial charge is 0.496 e. The standard InChI is InChI=1S/C16H17FN2O4S/c1-23-15-5-3-2-4-12(15)10-18-16(20)11-19-24(21,22)14-8-6-13(17)7-9-14/h2-9,19H,10-11H2,1H3,(H,18,20). The van der Waals surface area contributed by atoms with Crippen molar-refractivity contribution in [2.24, 2.45) is 0 Å². The molecule has 0 bridgehead atoms. The first-order valence-electron chi connectivity index (χ1n) is 7.06. The summed E-state index contributed by atoms with van der Waals surface area (Å²) in [6.45, 7) is -0.212. The van der Waals surface area contributed by atoms with E-state index in [0.717, 1.165) is 29.8 Å². The molecule has 0 aliphatic heterocycles. The van der Waals surface area contributed by atoms with Crippen molar-refractivity contribution >= 4 is 15.9 Å². The Bertz CT molecular complexity index is 807. The minimum Gasteiger partial charge on any atom is -0.496 e. The molecular weight excluding hydrogens is 335 g/mol. The Morgan fingerprint density at radius 2 is 1.79 bits per heavy atom. The molecule has 0 unspecified atom stereocenters. The van der Waals surface area contributed by atoms with E-state index in [1.54, 1.807) is 24.3 Å². The highest BCUT2D eigenvalue weighted by Gasteiger charge is 2.15. The molecule has 2 aromatic rings. The van der Waals surface area contributed by atoms with Crippen LogP contribution in [0.15, 0.2) is 53.4 Å². The van der Waals surface area contributed by atoms with Gasteiger partial charge in [-0.05, 0) is 30.3 Å². The molecular formula is C16H17FN2O4S. The number of methoxy groups -OCH3 is 1. The van der Waals surface area contributed by atoms with Gasteiger partial charge in [-0.25, -0.2) is 17.5 Å². The SMILES string of the molecule is COc1ccccc1CNC(=O)CNS(=O)(=O)c1ccc(F)cc1. The topological polar surface area (TPSA) is 84.5 Å². The highest BCUT2D eigenvalue weighted by molar-refractivity contribution is 7.89. The Hall–Kier alpha value is -2.45. The summed E-state index contributed by atoms with van der Waals surface area (Å²) in [4.78, 5) is 11.7. The molecule has 0 spiro atoms. The molecule has 0 atom stereocenters. The van der Waals surface area contributed by atoms with Crippen molar-refractivity contribution in [1.82, 2.24) is 10.0 Å². The van der Waals surface area contributed by atoms with Crippen molar-refractivity contribution in [3.63, 3.8) is 0 Å². The Kier molecular flexibility index (Phi) is 5.88. The molecule has 0 aliphatic carbocycles. The van der Waals surface area contributed by atoms with E-state index in [1.165, 1.54) is 7.11 Å². The normalized spacial score (nSPS) is 11.1. The van der Waals surface area contributed by atoms with E-state index >= 15 is 0 Å². The number of hydrogen-bond donors (Lipinski definition) is 2. The van der Waals surface area contributed by atoms with Crippen LogP contribution in [0.5, 0.6) is 5.75 Å². The Morgan fingerprint density at radius 3 is 2.46 bits per heavy atom. The zero-order valence-corrected chi connectivity index (χ0v) is 13.8. The molecule has 0 heterocycles. The first-order valence-corrected chi connectivity index (χ1v) is 8.54. The fourth-order valence-electron chi connectivity index (χ4n) is 1.96. The predicted molar refractivity (Wildman–Crippen MR) is 86.4 cm³/mol. The molecule has 0 radical (unpaired) electrons. The van der Waals surface area contributed by atoms with Gasteiger partial charge in [0, 0.05) is 12.1 Å². The van der Waals surface area contributed by atoms with Crippen LogP contribution < -0.4 is 14.8 Å². The van der Waals surface area contributed by atoms with Gasteiger partial charge in [0.05, 0.1) is 18.6 Å². The van der Waals surface area contributed by atoms with E-state index in [2.05, 4.69) is 10.0 Å². The van der Waals surface area contributed by atoms with Crippen LogP contribution in [0.2, 0.25) is 0 Å². The average molecular weight is 352 g/mol. The summed E-state index contributed by atoms with van der Waals surface area (Å²) in [5.74, 6) is -0.403. The number of sulfonamides is 1. The van der Waals surface area contributed by atoms with Crippen molar-refractivity contribution in [3.8, 4) is 5.75 Å². The van der Waals surface area contributed by atoms with Crippen molar-refractivity contribution in [1.29, 1.82) is 0 Å². The minimum absolute atomic E-state index is 0.110. The monoisotopic (exact) mass is 352 g/mol. The highest BCUT2D eigenvalue weighted by Crippen LogP contribution is 2.16. The van der Waals surface area contributed by atoms with E-state index in [9.17, 15) is 17.6 Å². The number of carbonyl (C=O) groups is 1. The second kappa shape index (κ2) is 7.89. The van der Waals surface area contributed by atoms with Crippen LogP contribution in [-0.4, -0.2) is 28.0 Å². The molecule has 2 aromatic carbocycles. The minimum atomic E-state index is -3.87. The molecule has 8 heteroatoms. The summed E-state index contributed by atoms with van der Waals surface area (Å²) < 4.78 is 44.1. The van der Waals surface area contributed by atoms with Crippen molar-refractivity contribution in [2.45, 2.75) is 11.4 Å². The fourth-order valence-corrected chi connectivity index (χ4v) is 2.95. The molecule has 128 valence electrons. The second-order valence-electron chi connectivity index (χ2n) is 4.87. The zero-order valence-electron chi connectivity index (χ0n) is 13.0. The molecule has 0 aromatic heterocycles. The van der Waals surface area contributed by atoms with Crippen molar-refractivity contribution in [3.05, 3.63) is 59.9 Å². The Balaban J connectivity index is 1.90.